The predicted molar refractivity (Wildman–Crippen MR) is 54.1 cm³/mol. The molecule has 68 valence electrons. The van der Waals surface area contributed by atoms with Crippen LogP contribution in [-0.4, -0.2) is 6.10 Å². The molecule has 0 heterocycles. The third kappa shape index (κ3) is 3.31. The largest absolute Gasteiger partial charge is 0.361 e. The number of hydrogen-bond acceptors (Lipinski definition) is 1. The smallest absolute Gasteiger partial charge is 0.118 e. The van der Waals surface area contributed by atoms with Gasteiger partial charge in [0, 0.05) is 0 Å². The number of rotatable bonds is 4. The fourth-order valence-electron chi connectivity index (χ4n) is 1.05. The van der Waals surface area contributed by atoms with Crippen molar-refractivity contribution >= 4 is 0 Å². The summed E-state index contributed by atoms with van der Waals surface area (Å²) in [4.78, 5) is 0. The Labute approximate surface area is 79.7 Å². The zero-order chi connectivity index (χ0) is 9.52. The number of benzene rings is 1. The van der Waals surface area contributed by atoms with Crippen LogP contribution in [0.4, 0.5) is 0 Å². The van der Waals surface area contributed by atoms with Gasteiger partial charge in [0.25, 0.3) is 0 Å². The molecular formula is C12H14O. The number of terminal acetylenes is 1. The standard InChI is InChI=1S/C12H14O/c1-3-12(4-2)13-10-11-8-6-5-7-9-11/h1,5-9,12H,4,10H2,2H3/t12-/m1/s1. The minimum atomic E-state index is -0.0554. The summed E-state index contributed by atoms with van der Waals surface area (Å²) < 4.78 is 5.49. The van der Waals surface area contributed by atoms with Gasteiger partial charge in [-0.15, -0.1) is 6.42 Å². The molecule has 0 saturated carbocycles. The van der Waals surface area contributed by atoms with E-state index >= 15 is 0 Å². The molecule has 0 aromatic heterocycles. The van der Waals surface area contributed by atoms with E-state index in [-0.39, 0.29) is 6.10 Å². The molecule has 0 bridgehead atoms. The summed E-state index contributed by atoms with van der Waals surface area (Å²) in [6, 6.07) is 10.0. The average Bonchev–Trinajstić information content (AvgIpc) is 2.21. The van der Waals surface area contributed by atoms with Crippen molar-refractivity contribution in [2.24, 2.45) is 0 Å². The Morgan fingerprint density at radius 1 is 1.38 bits per heavy atom. The average molecular weight is 174 g/mol. The topological polar surface area (TPSA) is 9.23 Å². The first-order valence-corrected chi connectivity index (χ1v) is 4.48. The van der Waals surface area contributed by atoms with Gasteiger partial charge in [0.15, 0.2) is 0 Å². The van der Waals surface area contributed by atoms with Crippen LogP contribution in [0.5, 0.6) is 0 Å². The summed E-state index contributed by atoms with van der Waals surface area (Å²) in [6.07, 6.45) is 6.08. The molecule has 0 aliphatic carbocycles. The molecule has 0 amide bonds. The third-order valence-electron chi connectivity index (χ3n) is 1.85. The molecule has 0 saturated heterocycles. The first-order chi connectivity index (χ1) is 6.36. The molecule has 1 aromatic carbocycles. The number of ether oxygens (including phenoxy) is 1. The second kappa shape index (κ2) is 5.40. The minimum absolute atomic E-state index is 0.0554. The van der Waals surface area contributed by atoms with Crippen LogP contribution >= 0.6 is 0 Å². The van der Waals surface area contributed by atoms with Crippen molar-refractivity contribution < 1.29 is 4.74 Å². The summed E-state index contributed by atoms with van der Waals surface area (Å²) in [7, 11) is 0. The minimum Gasteiger partial charge on any atom is -0.361 e. The van der Waals surface area contributed by atoms with E-state index in [4.69, 9.17) is 11.2 Å². The molecule has 0 spiro atoms. The first kappa shape index (κ1) is 9.83. The fraction of sp³-hybridized carbons (Fsp3) is 0.333. The predicted octanol–water partition coefficient (Wildman–Crippen LogP) is 2.62. The quantitative estimate of drug-likeness (QED) is 0.637. The molecule has 0 N–H and O–H groups in total. The van der Waals surface area contributed by atoms with Crippen LogP contribution in [0.25, 0.3) is 0 Å². The summed E-state index contributed by atoms with van der Waals surface area (Å²) >= 11 is 0. The van der Waals surface area contributed by atoms with Gasteiger partial charge in [-0.3, -0.25) is 0 Å². The SMILES string of the molecule is C#C[C@H](CC)OCc1ccccc1. The molecule has 13 heavy (non-hydrogen) atoms. The highest BCUT2D eigenvalue weighted by Gasteiger charge is 2.00. The highest BCUT2D eigenvalue weighted by molar-refractivity contribution is 5.13. The Bertz CT molecular complexity index is 271. The molecule has 1 heteroatoms. The Hall–Kier alpha value is -1.26. The zero-order valence-corrected chi connectivity index (χ0v) is 7.86. The molecule has 1 rings (SSSR count). The highest BCUT2D eigenvalue weighted by atomic mass is 16.5. The Morgan fingerprint density at radius 3 is 2.62 bits per heavy atom. The molecule has 0 aliphatic rings. The highest BCUT2D eigenvalue weighted by Crippen LogP contribution is 2.04. The third-order valence-corrected chi connectivity index (χ3v) is 1.85. The zero-order valence-electron chi connectivity index (χ0n) is 7.86. The normalized spacial score (nSPS) is 12.0. The van der Waals surface area contributed by atoms with E-state index in [1.54, 1.807) is 0 Å². The van der Waals surface area contributed by atoms with Crippen molar-refractivity contribution in [3.8, 4) is 12.3 Å². The van der Waals surface area contributed by atoms with E-state index in [0.717, 1.165) is 12.0 Å². The van der Waals surface area contributed by atoms with Crippen LogP contribution in [0.3, 0.4) is 0 Å². The summed E-state index contributed by atoms with van der Waals surface area (Å²) in [5, 5.41) is 0. The maximum absolute atomic E-state index is 5.49. The van der Waals surface area contributed by atoms with Gasteiger partial charge in [-0.1, -0.05) is 43.2 Å². The van der Waals surface area contributed by atoms with Crippen molar-refractivity contribution in [3.63, 3.8) is 0 Å². The van der Waals surface area contributed by atoms with E-state index in [1.165, 1.54) is 0 Å². The van der Waals surface area contributed by atoms with Crippen LogP contribution < -0.4 is 0 Å². The monoisotopic (exact) mass is 174 g/mol. The van der Waals surface area contributed by atoms with Crippen molar-refractivity contribution in [1.29, 1.82) is 0 Å². The Morgan fingerprint density at radius 2 is 2.08 bits per heavy atom. The van der Waals surface area contributed by atoms with Gasteiger partial charge in [0.2, 0.25) is 0 Å². The number of hydrogen-bond donors (Lipinski definition) is 0. The molecule has 1 atom stereocenters. The maximum Gasteiger partial charge on any atom is 0.118 e. The van der Waals surface area contributed by atoms with Gasteiger partial charge in [0.05, 0.1) is 6.61 Å². The molecular weight excluding hydrogens is 160 g/mol. The van der Waals surface area contributed by atoms with E-state index in [9.17, 15) is 0 Å². The van der Waals surface area contributed by atoms with Crippen molar-refractivity contribution in [2.75, 3.05) is 0 Å². The van der Waals surface area contributed by atoms with Crippen LogP contribution in [0.1, 0.15) is 18.9 Å². The Balaban J connectivity index is 2.40. The molecule has 1 nitrogen and oxygen atoms in total. The Kier molecular flexibility index (Phi) is 4.08. The van der Waals surface area contributed by atoms with Crippen LogP contribution in [0.2, 0.25) is 0 Å². The molecule has 0 unspecified atom stereocenters. The second-order valence-corrected chi connectivity index (χ2v) is 2.86. The summed E-state index contributed by atoms with van der Waals surface area (Å²) in [6.45, 7) is 2.62. The van der Waals surface area contributed by atoms with Crippen LogP contribution in [0.15, 0.2) is 30.3 Å². The lowest BCUT2D eigenvalue weighted by atomic mass is 10.2. The first-order valence-electron chi connectivity index (χ1n) is 4.48. The van der Waals surface area contributed by atoms with Gasteiger partial charge >= 0.3 is 0 Å². The van der Waals surface area contributed by atoms with Gasteiger partial charge in [0.1, 0.15) is 6.10 Å². The lowest BCUT2D eigenvalue weighted by molar-refractivity contribution is 0.0760. The maximum atomic E-state index is 5.49. The van der Waals surface area contributed by atoms with E-state index in [1.807, 2.05) is 37.3 Å². The molecule has 0 aliphatic heterocycles. The van der Waals surface area contributed by atoms with Gasteiger partial charge < -0.3 is 4.74 Å². The molecule has 0 fully saturated rings. The fourth-order valence-corrected chi connectivity index (χ4v) is 1.05. The van der Waals surface area contributed by atoms with Crippen LogP contribution in [0, 0.1) is 12.3 Å². The van der Waals surface area contributed by atoms with Crippen molar-refractivity contribution in [3.05, 3.63) is 35.9 Å². The lowest BCUT2D eigenvalue weighted by Gasteiger charge is -2.09. The lowest BCUT2D eigenvalue weighted by Crippen LogP contribution is -2.08. The van der Waals surface area contributed by atoms with Gasteiger partial charge in [-0.25, -0.2) is 0 Å². The van der Waals surface area contributed by atoms with Crippen LogP contribution in [-0.2, 0) is 11.3 Å². The van der Waals surface area contributed by atoms with E-state index in [0.29, 0.717) is 6.61 Å². The van der Waals surface area contributed by atoms with Crippen molar-refractivity contribution in [1.82, 2.24) is 0 Å². The van der Waals surface area contributed by atoms with Gasteiger partial charge in [-0.05, 0) is 12.0 Å². The summed E-state index contributed by atoms with van der Waals surface area (Å²) in [5.41, 5.74) is 1.16. The van der Waals surface area contributed by atoms with E-state index < -0.39 is 0 Å². The molecule has 0 radical (unpaired) electrons. The molecule has 1 aromatic rings. The second-order valence-electron chi connectivity index (χ2n) is 2.86. The van der Waals surface area contributed by atoms with E-state index in [2.05, 4.69) is 5.92 Å². The summed E-state index contributed by atoms with van der Waals surface area (Å²) in [5.74, 6) is 2.60. The van der Waals surface area contributed by atoms with Gasteiger partial charge in [-0.2, -0.15) is 0 Å². The van der Waals surface area contributed by atoms with Crippen molar-refractivity contribution in [2.45, 2.75) is 26.1 Å².